The number of nitrogens with zero attached hydrogens (tertiary/aromatic N) is 4. The third kappa shape index (κ3) is 2.58. The number of fused-ring (bicyclic) bond motifs is 3. The van der Waals surface area contributed by atoms with E-state index < -0.39 is 11.7 Å². The Bertz CT molecular complexity index is 1040. The van der Waals surface area contributed by atoms with E-state index in [9.17, 15) is 9.18 Å². The van der Waals surface area contributed by atoms with Gasteiger partial charge in [0.15, 0.2) is 5.82 Å². The highest BCUT2D eigenvalue weighted by Crippen LogP contribution is 2.27. The maximum Gasteiger partial charge on any atom is 0.288 e. The molecule has 0 saturated heterocycles. The van der Waals surface area contributed by atoms with Crippen LogP contribution in [-0.4, -0.2) is 26.4 Å². The van der Waals surface area contributed by atoms with Crippen molar-refractivity contribution in [2.45, 2.75) is 6.54 Å². The molecule has 124 valence electrons. The third-order valence-electron chi connectivity index (χ3n) is 3.84. The summed E-state index contributed by atoms with van der Waals surface area (Å²) in [6.07, 6.45) is 0. The third-order valence-corrected chi connectivity index (χ3v) is 4.08. The van der Waals surface area contributed by atoms with Crippen LogP contribution in [0.3, 0.4) is 0 Å². The van der Waals surface area contributed by atoms with E-state index in [2.05, 4.69) is 15.1 Å². The van der Waals surface area contributed by atoms with Crippen molar-refractivity contribution in [3.63, 3.8) is 0 Å². The molecule has 1 aliphatic heterocycles. The summed E-state index contributed by atoms with van der Waals surface area (Å²) in [5.41, 5.74) is 7.26. The van der Waals surface area contributed by atoms with E-state index in [1.807, 2.05) is 0 Å². The number of carbonyl (C=O) groups excluding carboxylic acids is 1. The summed E-state index contributed by atoms with van der Waals surface area (Å²) in [6, 6.07) is 11.5. The van der Waals surface area contributed by atoms with E-state index in [-0.39, 0.29) is 12.4 Å². The van der Waals surface area contributed by atoms with E-state index in [1.165, 1.54) is 10.7 Å². The monoisotopic (exact) mass is 355 g/mol. The molecule has 0 radical (unpaired) electrons. The average molecular weight is 356 g/mol. The maximum absolute atomic E-state index is 14.3. The molecule has 6 nitrogen and oxygen atoms in total. The van der Waals surface area contributed by atoms with Gasteiger partial charge in [-0.05, 0) is 30.3 Å². The Balaban J connectivity index is 1.98. The number of hydrogen-bond acceptors (Lipinski definition) is 4. The fraction of sp³-hybridized carbons (Fsp3) is 0.0588. The standard InChI is InChI=1S/C17H11ClFN5O/c18-9-5-6-13-11(7-9)15(10-3-1-2-4-12(10)19)21-8-14-22-17(16(20)25)23-24(13)14/h1-7H,8H2,(H2,20,25). The summed E-state index contributed by atoms with van der Waals surface area (Å²) in [4.78, 5) is 20.0. The van der Waals surface area contributed by atoms with Crippen LogP contribution in [0.1, 0.15) is 27.6 Å². The molecule has 2 heterocycles. The van der Waals surface area contributed by atoms with Gasteiger partial charge in [-0.25, -0.2) is 14.1 Å². The Morgan fingerprint density at radius 2 is 2.00 bits per heavy atom. The second kappa shape index (κ2) is 5.78. The van der Waals surface area contributed by atoms with Gasteiger partial charge in [-0.2, -0.15) is 0 Å². The molecule has 3 aromatic rings. The first kappa shape index (κ1) is 15.5. The number of amides is 1. The maximum atomic E-state index is 14.3. The van der Waals surface area contributed by atoms with Crippen molar-refractivity contribution in [3.8, 4) is 5.69 Å². The van der Waals surface area contributed by atoms with E-state index in [0.29, 0.717) is 33.4 Å². The van der Waals surface area contributed by atoms with Gasteiger partial charge in [-0.1, -0.05) is 23.7 Å². The number of hydrogen-bond donors (Lipinski definition) is 1. The van der Waals surface area contributed by atoms with Gasteiger partial charge in [0.05, 0.1) is 17.9 Å². The van der Waals surface area contributed by atoms with Gasteiger partial charge in [0.2, 0.25) is 5.82 Å². The largest absolute Gasteiger partial charge is 0.363 e. The minimum absolute atomic E-state index is 0.0968. The van der Waals surface area contributed by atoms with Crippen LogP contribution in [-0.2, 0) is 6.54 Å². The van der Waals surface area contributed by atoms with Crippen LogP contribution in [0.2, 0.25) is 5.02 Å². The van der Waals surface area contributed by atoms with Gasteiger partial charge in [0, 0.05) is 16.1 Å². The van der Waals surface area contributed by atoms with Gasteiger partial charge in [-0.3, -0.25) is 9.79 Å². The first-order chi connectivity index (χ1) is 12.0. The quantitative estimate of drug-likeness (QED) is 0.766. The van der Waals surface area contributed by atoms with Crippen molar-refractivity contribution < 1.29 is 9.18 Å². The van der Waals surface area contributed by atoms with Crippen LogP contribution in [0, 0.1) is 5.82 Å². The lowest BCUT2D eigenvalue weighted by atomic mass is 10.00. The predicted molar refractivity (Wildman–Crippen MR) is 90.6 cm³/mol. The minimum atomic E-state index is -0.727. The average Bonchev–Trinajstić information content (AvgIpc) is 2.95. The molecule has 0 bridgehead atoms. The normalized spacial score (nSPS) is 12.8. The number of nitrogens with two attached hydrogens (primary N) is 1. The van der Waals surface area contributed by atoms with E-state index in [1.54, 1.807) is 36.4 Å². The fourth-order valence-electron chi connectivity index (χ4n) is 2.75. The van der Waals surface area contributed by atoms with Crippen LogP contribution < -0.4 is 5.73 Å². The lowest BCUT2D eigenvalue weighted by Gasteiger charge is -2.11. The lowest BCUT2D eigenvalue weighted by molar-refractivity contribution is 0.0990. The van der Waals surface area contributed by atoms with Crippen LogP contribution in [0.15, 0.2) is 47.5 Å². The van der Waals surface area contributed by atoms with E-state index >= 15 is 0 Å². The van der Waals surface area contributed by atoms with Gasteiger partial charge in [0.1, 0.15) is 5.82 Å². The van der Waals surface area contributed by atoms with Crippen molar-refractivity contribution >= 4 is 23.2 Å². The Hall–Kier alpha value is -3.06. The minimum Gasteiger partial charge on any atom is -0.363 e. The highest BCUT2D eigenvalue weighted by atomic mass is 35.5. The smallest absolute Gasteiger partial charge is 0.288 e. The summed E-state index contributed by atoms with van der Waals surface area (Å²) in [6.45, 7) is 0.121. The summed E-state index contributed by atoms with van der Waals surface area (Å²) in [5.74, 6) is -0.781. The number of carbonyl (C=O) groups is 1. The Labute approximate surface area is 146 Å². The van der Waals surface area contributed by atoms with E-state index in [0.717, 1.165) is 0 Å². The van der Waals surface area contributed by atoms with Crippen molar-refractivity contribution in [3.05, 3.63) is 76.1 Å². The van der Waals surface area contributed by atoms with Crippen LogP contribution in [0.25, 0.3) is 5.69 Å². The number of rotatable bonds is 2. The molecular weight excluding hydrogens is 345 g/mol. The number of halogens is 2. The molecule has 4 rings (SSSR count). The van der Waals surface area contributed by atoms with Crippen molar-refractivity contribution in [1.29, 1.82) is 0 Å². The molecular formula is C17H11ClFN5O. The molecule has 25 heavy (non-hydrogen) atoms. The molecule has 0 fully saturated rings. The zero-order valence-electron chi connectivity index (χ0n) is 12.8. The molecule has 0 unspecified atom stereocenters. The molecule has 1 aromatic heterocycles. The highest BCUT2D eigenvalue weighted by molar-refractivity contribution is 6.31. The van der Waals surface area contributed by atoms with Gasteiger partial charge < -0.3 is 5.73 Å². The molecule has 0 saturated carbocycles. The lowest BCUT2D eigenvalue weighted by Crippen LogP contribution is -2.14. The molecule has 0 atom stereocenters. The van der Waals surface area contributed by atoms with E-state index in [4.69, 9.17) is 17.3 Å². The zero-order valence-corrected chi connectivity index (χ0v) is 13.5. The number of benzene rings is 2. The molecule has 1 amide bonds. The summed E-state index contributed by atoms with van der Waals surface area (Å²) < 4.78 is 15.8. The van der Waals surface area contributed by atoms with Crippen molar-refractivity contribution in [2.24, 2.45) is 10.7 Å². The highest BCUT2D eigenvalue weighted by Gasteiger charge is 2.24. The summed E-state index contributed by atoms with van der Waals surface area (Å²) in [5, 5.41) is 4.63. The van der Waals surface area contributed by atoms with Crippen molar-refractivity contribution in [2.75, 3.05) is 0 Å². The SMILES string of the molecule is NC(=O)c1nc2n(n1)-c1ccc(Cl)cc1C(c1ccccc1F)=NC2. The second-order valence-electron chi connectivity index (χ2n) is 5.43. The number of aliphatic imine (C=N–C) groups is 1. The number of primary amides is 1. The first-order valence-electron chi connectivity index (χ1n) is 7.40. The molecule has 1 aliphatic rings. The Morgan fingerprint density at radius 3 is 2.76 bits per heavy atom. The topological polar surface area (TPSA) is 86.2 Å². The Morgan fingerprint density at radius 1 is 1.20 bits per heavy atom. The number of aromatic nitrogens is 3. The van der Waals surface area contributed by atoms with Crippen LogP contribution in [0.5, 0.6) is 0 Å². The zero-order chi connectivity index (χ0) is 17.6. The van der Waals surface area contributed by atoms with Crippen LogP contribution in [0.4, 0.5) is 4.39 Å². The summed E-state index contributed by atoms with van der Waals surface area (Å²) in [7, 11) is 0. The first-order valence-corrected chi connectivity index (χ1v) is 7.78. The fourth-order valence-corrected chi connectivity index (χ4v) is 2.92. The van der Waals surface area contributed by atoms with Crippen LogP contribution >= 0.6 is 11.6 Å². The molecule has 0 aliphatic carbocycles. The molecule has 2 aromatic carbocycles. The molecule has 0 spiro atoms. The van der Waals surface area contributed by atoms with Gasteiger partial charge >= 0.3 is 0 Å². The second-order valence-corrected chi connectivity index (χ2v) is 5.87. The molecule has 8 heteroatoms. The predicted octanol–water partition coefficient (Wildman–Crippen LogP) is 2.51. The van der Waals surface area contributed by atoms with Gasteiger partial charge in [-0.15, -0.1) is 5.10 Å². The Kier molecular flexibility index (Phi) is 3.58. The molecule has 2 N–H and O–H groups in total. The van der Waals surface area contributed by atoms with Crippen molar-refractivity contribution in [1.82, 2.24) is 14.8 Å². The van der Waals surface area contributed by atoms with Gasteiger partial charge in [0.25, 0.3) is 5.91 Å². The summed E-state index contributed by atoms with van der Waals surface area (Å²) >= 11 is 6.14.